The molecule has 8 atom stereocenters. The Morgan fingerprint density at radius 2 is 0.684 bits per heavy atom. The molecule has 0 aliphatic rings. The monoisotopic (exact) mass is 648 g/mol. The van der Waals surface area contributed by atoms with Crippen LogP contribution < -0.4 is 0 Å². The number of aliphatic hydroxyl groups is 5. The number of phosphoric ester groups is 4. The Kier molecular flexibility index (Phi) is 18.0. The maximum absolute atomic E-state index is 11.8. The van der Waals surface area contributed by atoms with Crippen LogP contribution in [0.4, 0.5) is 0 Å². The number of hydrogen-bond donors (Lipinski definition) is 9. The van der Waals surface area contributed by atoms with Crippen molar-refractivity contribution in [3.8, 4) is 0 Å². The van der Waals surface area contributed by atoms with E-state index in [2.05, 4.69) is 36.2 Å². The van der Waals surface area contributed by atoms with Gasteiger partial charge in [-0.05, 0) is 0 Å². The Hall–Kier alpha value is 0.240. The second-order valence-corrected chi connectivity index (χ2v) is 12.8. The quantitative estimate of drug-likeness (QED) is 0.0521. The van der Waals surface area contributed by atoms with Crippen molar-refractivity contribution in [1.29, 1.82) is 0 Å². The lowest BCUT2D eigenvalue weighted by Gasteiger charge is -2.19. The number of aliphatic hydroxyl groups excluding tert-OH is 5. The molecule has 21 nitrogen and oxygen atoms in total. The highest BCUT2D eigenvalue weighted by Crippen LogP contribution is 2.46. The van der Waals surface area contributed by atoms with Crippen molar-refractivity contribution in [3.63, 3.8) is 0 Å². The van der Waals surface area contributed by atoms with Crippen LogP contribution >= 0.6 is 31.3 Å². The summed E-state index contributed by atoms with van der Waals surface area (Å²) in [6.07, 6.45) is -6.67. The first-order valence-electron chi connectivity index (χ1n) is 10.0. The summed E-state index contributed by atoms with van der Waals surface area (Å²) in [6.45, 7) is -7.12. The van der Waals surface area contributed by atoms with Crippen LogP contribution in [-0.2, 0) is 54.5 Å². The molecule has 0 radical (unpaired) electrons. The third kappa shape index (κ3) is 20.2. The van der Waals surface area contributed by atoms with Crippen molar-refractivity contribution >= 4 is 31.3 Å². The predicted octanol–water partition coefficient (Wildman–Crippen LogP) is -2.41. The van der Waals surface area contributed by atoms with Gasteiger partial charge in [0, 0.05) is 7.11 Å². The summed E-state index contributed by atoms with van der Waals surface area (Å²) in [5.74, 6) is 0. The lowest BCUT2D eigenvalue weighted by atomic mass is 10.4. The average Bonchev–Trinajstić information content (AvgIpc) is 2.85. The Bertz CT molecular complexity index is 855. The first-order valence-corrected chi connectivity index (χ1v) is 16.0. The predicted molar refractivity (Wildman–Crippen MR) is 119 cm³/mol. The number of hydrogen-bond acceptors (Lipinski definition) is 17. The van der Waals surface area contributed by atoms with Crippen LogP contribution in [0.3, 0.4) is 0 Å². The summed E-state index contributed by atoms with van der Waals surface area (Å²) >= 11 is 0. The highest BCUT2D eigenvalue weighted by Gasteiger charge is 2.29. The van der Waals surface area contributed by atoms with Crippen molar-refractivity contribution in [3.05, 3.63) is 0 Å². The van der Waals surface area contributed by atoms with E-state index in [1.165, 1.54) is 0 Å². The van der Waals surface area contributed by atoms with Crippen molar-refractivity contribution in [2.75, 3.05) is 60.0 Å². The van der Waals surface area contributed by atoms with Gasteiger partial charge in [-0.1, -0.05) is 0 Å². The maximum Gasteiger partial charge on any atom is 0.472 e. The van der Waals surface area contributed by atoms with Gasteiger partial charge in [0.1, 0.15) is 24.4 Å². The SMILES string of the molecule is COP(=O)(O)OCC(O)COP(=O)(O)OCC(O)COP(=O)(O)OCC(O)COP(=O)(O)OCC(O)CO. The highest BCUT2D eigenvalue weighted by atomic mass is 31.2. The summed E-state index contributed by atoms with van der Waals surface area (Å²) in [5.41, 5.74) is 0. The van der Waals surface area contributed by atoms with Crippen LogP contribution in [0.25, 0.3) is 0 Å². The van der Waals surface area contributed by atoms with Gasteiger partial charge in [0.2, 0.25) is 0 Å². The van der Waals surface area contributed by atoms with Crippen LogP contribution in [0.15, 0.2) is 0 Å². The van der Waals surface area contributed by atoms with Crippen LogP contribution in [0.1, 0.15) is 0 Å². The Balaban J connectivity index is 4.31. The first kappa shape index (κ1) is 38.2. The molecule has 0 rings (SSSR count). The summed E-state index contributed by atoms with van der Waals surface area (Å²) in [5, 5.41) is 46.4. The second-order valence-electron chi connectivity index (χ2n) is 6.93. The molecule has 0 aliphatic carbocycles. The van der Waals surface area contributed by atoms with E-state index in [-0.39, 0.29) is 0 Å². The molecule has 0 bridgehead atoms. The van der Waals surface area contributed by atoms with E-state index >= 15 is 0 Å². The number of phosphoric acid groups is 4. The minimum atomic E-state index is -4.93. The summed E-state index contributed by atoms with van der Waals surface area (Å²) < 4.78 is 80.7. The van der Waals surface area contributed by atoms with E-state index in [4.69, 9.17) is 15.1 Å². The van der Waals surface area contributed by atoms with Gasteiger partial charge in [-0.3, -0.25) is 36.2 Å². The third-order valence-corrected chi connectivity index (χ3v) is 7.24. The van der Waals surface area contributed by atoms with Crippen LogP contribution in [-0.4, -0.2) is 129 Å². The zero-order chi connectivity index (χ0) is 29.6. The largest absolute Gasteiger partial charge is 0.472 e. The van der Waals surface area contributed by atoms with E-state index in [1.54, 1.807) is 0 Å². The molecule has 38 heavy (non-hydrogen) atoms. The molecule has 9 N–H and O–H groups in total. The van der Waals surface area contributed by atoms with Gasteiger partial charge in [-0.25, -0.2) is 18.3 Å². The molecule has 0 aliphatic heterocycles. The lowest BCUT2D eigenvalue weighted by molar-refractivity contribution is 0.00294. The number of rotatable bonds is 23. The smallest absolute Gasteiger partial charge is 0.394 e. The summed E-state index contributed by atoms with van der Waals surface area (Å²) in [6, 6.07) is 0. The standard InChI is InChI=1S/C13H32O21P4/c1-27-35(19,20)28-4-11(16)5-31-37(23,24)32-8-13(18)9-34-38(25,26)33-7-12(17)6-30-36(21,22)29-3-10(15)2-14/h10-18H,2-9H2,1H3,(H,19,20)(H,21,22)(H,23,24)(H,25,26). The zero-order valence-electron chi connectivity index (χ0n) is 19.7. The highest BCUT2D eigenvalue weighted by molar-refractivity contribution is 7.48. The molecule has 0 aromatic heterocycles. The molecule has 25 heteroatoms. The zero-order valence-corrected chi connectivity index (χ0v) is 23.3. The molecule has 230 valence electrons. The average molecular weight is 648 g/mol. The van der Waals surface area contributed by atoms with Gasteiger partial charge in [0.15, 0.2) is 0 Å². The van der Waals surface area contributed by atoms with Gasteiger partial charge >= 0.3 is 31.3 Å². The van der Waals surface area contributed by atoms with Gasteiger partial charge in [-0.15, -0.1) is 0 Å². The first-order chi connectivity index (χ1) is 17.3. The lowest BCUT2D eigenvalue weighted by Crippen LogP contribution is -2.24. The Morgan fingerprint density at radius 3 is 0.895 bits per heavy atom. The molecular formula is C13H32O21P4. The van der Waals surface area contributed by atoms with E-state index in [9.17, 15) is 48.3 Å². The fraction of sp³-hybridized carbons (Fsp3) is 1.00. The maximum atomic E-state index is 11.8. The van der Waals surface area contributed by atoms with Crippen LogP contribution in [0, 0.1) is 0 Å². The van der Waals surface area contributed by atoms with Gasteiger partial charge in [0.05, 0.1) is 52.9 Å². The molecule has 0 saturated carbocycles. The van der Waals surface area contributed by atoms with E-state index < -0.39 is 109 Å². The Labute approximate surface area is 215 Å². The molecule has 0 aromatic carbocycles. The van der Waals surface area contributed by atoms with Crippen molar-refractivity contribution in [1.82, 2.24) is 0 Å². The normalized spacial score (nSPS) is 21.8. The van der Waals surface area contributed by atoms with Crippen LogP contribution in [0.5, 0.6) is 0 Å². The topological polar surface area (TPSA) is 324 Å². The fourth-order valence-corrected chi connectivity index (χ4v) is 4.48. The second kappa shape index (κ2) is 17.9. The Morgan fingerprint density at radius 1 is 0.474 bits per heavy atom. The summed E-state index contributed by atoms with van der Waals surface area (Å²) in [7, 11) is -18.1. The fourth-order valence-electron chi connectivity index (χ4n) is 1.62. The molecule has 0 heterocycles. The van der Waals surface area contributed by atoms with Crippen LogP contribution in [0.2, 0.25) is 0 Å². The molecule has 0 amide bonds. The van der Waals surface area contributed by atoms with Gasteiger partial charge in [0.25, 0.3) is 0 Å². The van der Waals surface area contributed by atoms with E-state index in [1.807, 2.05) is 0 Å². The van der Waals surface area contributed by atoms with E-state index in [0.717, 1.165) is 7.11 Å². The molecule has 0 aromatic rings. The third-order valence-electron chi connectivity index (χ3n) is 3.45. The van der Waals surface area contributed by atoms with Gasteiger partial charge in [-0.2, -0.15) is 0 Å². The molecular weight excluding hydrogens is 616 g/mol. The molecule has 0 saturated heterocycles. The van der Waals surface area contributed by atoms with Crippen molar-refractivity contribution < 1.29 is 99.6 Å². The van der Waals surface area contributed by atoms with Crippen molar-refractivity contribution in [2.45, 2.75) is 24.4 Å². The minimum Gasteiger partial charge on any atom is -0.394 e. The van der Waals surface area contributed by atoms with Gasteiger partial charge < -0.3 is 45.1 Å². The molecule has 8 unspecified atom stereocenters. The molecule has 0 fully saturated rings. The van der Waals surface area contributed by atoms with E-state index in [0.29, 0.717) is 0 Å². The van der Waals surface area contributed by atoms with Crippen molar-refractivity contribution in [2.24, 2.45) is 0 Å². The summed E-state index contributed by atoms with van der Waals surface area (Å²) in [4.78, 5) is 37.3. The molecule has 0 spiro atoms. The minimum absolute atomic E-state index is 0.760.